The van der Waals surface area contributed by atoms with Crippen LogP contribution in [0.25, 0.3) is 0 Å². The summed E-state index contributed by atoms with van der Waals surface area (Å²) in [6, 6.07) is 5.78. The molecule has 80 valence electrons. The van der Waals surface area contributed by atoms with Crippen LogP contribution in [0.4, 0.5) is 5.69 Å². The molecule has 15 heavy (non-hydrogen) atoms. The minimum atomic E-state index is -0.0101. The summed E-state index contributed by atoms with van der Waals surface area (Å²) in [7, 11) is 0. The summed E-state index contributed by atoms with van der Waals surface area (Å²) >= 11 is 0. The molecule has 1 amide bonds. The zero-order chi connectivity index (χ0) is 10.8. The molecule has 0 atom stereocenters. The van der Waals surface area contributed by atoms with Crippen molar-refractivity contribution in [2.75, 3.05) is 18.1 Å². The fraction of sp³-hybridized carbons (Fsp3) is 0.364. The van der Waals surface area contributed by atoms with Crippen LogP contribution in [0, 0.1) is 0 Å². The number of carbonyl (C=O) groups is 1. The topological polar surface area (TPSA) is 66.6 Å². The maximum Gasteiger partial charge on any atom is 0.231 e. The van der Waals surface area contributed by atoms with Gasteiger partial charge >= 0.3 is 0 Å². The predicted molar refractivity (Wildman–Crippen MR) is 57.5 cm³/mol. The van der Waals surface area contributed by atoms with Crippen molar-refractivity contribution in [1.82, 2.24) is 0 Å². The molecule has 0 aromatic heterocycles. The smallest absolute Gasteiger partial charge is 0.231 e. The molecule has 3 N–H and O–H groups in total. The molecule has 0 aliphatic carbocycles. The molecule has 1 aromatic carbocycles. The van der Waals surface area contributed by atoms with Gasteiger partial charge in [0.05, 0.1) is 13.0 Å². The summed E-state index contributed by atoms with van der Waals surface area (Å²) in [5, 5.41) is 8.86. The highest BCUT2D eigenvalue weighted by molar-refractivity contribution is 6.01. The van der Waals surface area contributed by atoms with Crippen LogP contribution in [0.2, 0.25) is 0 Å². The van der Waals surface area contributed by atoms with Gasteiger partial charge in [-0.1, -0.05) is 12.1 Å². The Morgan fingerprint density at radius 3 is 2.93 bits per heavy atom. The highest BCUT2D eigenvalue weighted by atomic mass is 16.3. The lowest BCUT2D eigenvalue weighted by atomic mass is 10.1. The number of anilines is 1. The lowest BCUT2D eigenvalue weighted by Gasteiger charge is -2.15. The van der Waals surface area contributed by atoms with E-state index >= 15 is 0 Å². The Balaban J connectivity index is 2.34. The van der Waals surface area contributed by atoms with Crippen molar-refractivity contribution in [2.24, 2.45) is 5.73 Å². The van der Waals surface area contributed by atoms with E-state index in [-0.39, 0.29) is 12.5 Å². The first-order chi connectivity index (χ1) is 7.26. The van der Waals surface area contributed by atoms with Crippen molar-refractivity contribution in [3.63, 3.8) is 0 Å². The second kappa shape index (κ2) is 4.00. The van der Waals surface area contributed by atoms with Gasteiger partial charge in [0.2, 0.25) is 5.91 Å². The molecule has 0 radical (unpaired) electrons. The summed E-state index contributed by atoms with van der Waals surface area (Å²) in [6.07, 6.45) is 0.420. The minimum absolute atomic E-state index is 0.0101. The standard InChI is InChI=1S/C11H14N2O2/c12-7-8-1-2-10-9(5-8)6-11(15)13(10)3-4-14/h1-2,5,14H,3-4,6-7,12H2. The van der Waals surface area contributed by atoms with E-state index in [2.05, 4.69) is 0 Å². The Morgan fingerprint density at radius 2 is 2.27 bits per heavy atom. The van der Waals surface area contributed by atoms with Crippen molar-refractivity contribution in [3.05, 3.63) is 29.3 Å². The Bertz CT molecular complexity index is 390. The molecular formula is C11H14N2O2. The average molecular weight is 206 g/mol. The molecule has 1 aliphatic heterocycles. The van der Waals surface area contributed by atoms with Crippen LogP contribution in [0.5, 0.6) is 0 Å². The highest BCUT2D eigenvalue weighted by Crippen LogP contribution is 2.29. The first-order valence-electron chi connectivity index (χ1n) is 4.99. The number of benzene rings is 1. The van der Waals surface area contributed by atoms with Gasteiger partial charge in [-0.15, -0.1) is 0 Å². The van der Waals surface area contributed by atoms with Crippen LogP contribution >= 0.6 is 0 Å². The molecule has 0 fully saturated rings. The van der Waals surface area contributed by atoms with Gasteiger partial charge in [-0.3, -0.25) is 4.79 Å². The fourth-order valence-electron chi connectivity index (χ4n) is 1.91. The number of rotatable bonds is 3. The fourth-order valence-corrected chi connectivity index (χ4v) is 1.91. The maximum atomic E-state index is 11.6. The summed E-state index contributed by atoms with van der Waals surface area (Å²) < 4.78 is 0. The van der Waals surface area contributed by atoms with Gasteiger partial charge < -0.3 is 15.7 Å². The van der Waals surface area contributed by atoms with Gasteiger partial charge in [0, 0.05) is 18.8 Å². The third kappa shape index (κ3) is 1.73. The lowest BCUT2D eigenvalue weighted by Crippen LogP contribution is -2.29. The summed E-state index contributed by atoms with van der Waals surface area (Å²) in [6.45, 7) is 0.846. The number of aliphatic hydroxyl groups is 1. The number of fused-ring (bicyclic) bond motifs is 1. The molecule has 1 aromatic rings. The van der Waals surface area contributed by atoms with E-state index < -0.39 is 0 Å². The molecule has 0 bridgehead atoms. The van der Waals surface area contributed by atoms with E-state index in [1.54, 1.807) is 4.90 Å². The number of hydrogen-bond donors (Lipinski definition) is 2. The monoisotopic (exact) mass is 206 g/mol. The lowest BCUT2D eigenvalue weighted by molar-refractivity contribution is -0.117. The van der Waals surface area contributed by atoms with Crippen molar-refractivity contribution in [3.8, 4) is 0 Å². The summed E-state index contributed by atoms with van der Waals surface area (Å²) in [4.78, 5) is 13.2. The van der Waals surface area contributed by atoms with Crippen molar-refractivity contribution < 1.29 is 9.90 Å². The molecule has 0 spiro atoms. The van der Waals surface area contributed by atoms with E-state index in [4.69, 9.17) is 10.8 Å². The molecule has 0 saturated heterocycles. The van der Waals surface area contributed by atoms with Crippen molar-refractivity contribution in [2.45, 2.75) is 13.0 Å². The number of aliphatic hydroxyl groups excluding tert-OH is 1. The number of nitrogens with two attached hydrogens (primary N) is 1. The second-order valence-corrected chi connectivity index (χ2v) is 3.61. The van der Waals surface area contributed by atoms with Gasteiger partial charge in [-0.25, -0.2) is 0 Å². The van der Waals surface area contributed by atoms with Crippen molar-refractivity contribution in [1.29, 1.82) is 0 Å². The Kier molecular flexibility index (Phi) is 2.70. The predicted octanol–water partition coefficient (Wildman–Crippen LogP) is 0.0267. The third-order valence-electron chi connectivity index (χ3n) is 2.64. The van der Waals surface area contributed by atoms with Crippen LogP contribution in [-0.4, -0.2) is 24.2 Å². The van der Waals surface area contributed by atoms with Crippen LogP contribution in [0.15, 0.2) is 18.2 Å². The van der Waals surface area contributed by atoms with Crippen LogP contribution < -0.4 is 10.6 Å². The zero-order valence-corrected chi connectivity index (χ0v) is 8.44. The molecule has 0 saturated carbocycles. The van der Waals surface area contributed by atoms with Crippen LogP contribution in [0.1, 0.15) is 11.1 Å². The van der Waals surface area contributed by atoms with E-state index in [9.17, 15) is 4.79 Å². The second-order valence-electron chi connectivity index (χ2n) is 3.61. The number of amides is 1. The number of nitrogens with zero attached hydrogens (tertiary/aromatic N) is 1. The van der Waals surface area contributed by atoms with E-state index in [0.29, 0.717) is 19.5 Å². The molecule has 2 rings (SSSR count). The molecule has 4 heteroatoms. The number of hydrogen-bond acceptors (Lipinski definition) is 3. The third-order valence-corrected chi connectivity index (χ3v) is 2.64. The SMILES string of the molecule is NCc1ccc2c(c1)CC(=O)N2CCO. The molecule has 0 unspecified atom stereocenters. The van der Waals surface area contributed by atoms with Crippen LogP contribution in [0.3, 0.4) is 0 Å². The minimum Gasteiger partial charge on any atom is -0.395 e. The van der Waals surface area contributed by atoms with Gasteiger partial charge in [-0.05, 0) is 17.2 Å². The molecular weight excluding hydrogens is 192 g/mol. The zero-order valence-electron chi connectivity index (χ0n) is 8.44. The Morgan fingerprint density at radius 1 is 1.47 bits per heavy atom. The average Bonchev–Trinajstić information content (AvgIpc) is 2.55. The largest absolute Gasteiger partial charge is 0.395 e. The highest BCUT2D eigenvalue weighted by Gasteiger charge is 2.26. The molecule has 4 nitrogen and oxygen atoms in total. The van der Waals surface area contributed by atoms with Crippen LogP contribution in [-0.2, 0) is 17.8 Å². The van der Waals surface area contributed by atoms with E-state index in [1.165, 1.54) is 0 Å². The van der Waals surface area contributed by atoms with Crippen molar-refractivity contribution >= 4 is 11.6 Å². The van der Waals surface area contributed by atoms with Gasteiger partial charge in [0.15, 0.2) is 0 Å². The van der Waals surface area contributed by atoms with E-state index in [1.807, 2.05) is 18.2 Å². The maximum absolute atomic E-state index is 11.6. The number of β-amino-alcohol motifs (C(OH)–C–C–N with tert-alkyl or cyclic N) is 1. The first-order valence-corrected chi connectivity index (χ1v) is 4.99. The Labute approximate surface area is 88.3 Å². The first kappa shape index (κ1) is 10.1. The molecule has 1 heterocycles. The summed E-state index contributed by atoms with van der Waals surface area (Å²) in [5.74, 6) is 0.0493. The van der Waals surface area contributed by atoms with Gasteiger partial charge in [0.25, 0.3) is 0 Å². The quantitative estimate of drug-likeness (QED) is 0.733. The van der Waals surface area contributed by atoms with E-state index in [0.717, 1.165) is 16.8 Å². The normalized spacial score (nSPS) is 14.5. The Hall–Kier alpha value is -1.39. The summed E-state index contributed by atoms with van der Waals surface area (Å²) in [5.41, 5.74) is 8.49. The number of carbonyl (C=O) groups excluding carboxylic acids is 1. The van der Waals surface area contributed by atoms with Gasteiger partial charge in [0.1, 0.15) is 0 Å². The van der Waals surface area contributed by atoms with Gasteiger partial charge in [-0.2, -0.15) is 0 Å². The molecule has 1 aliphatic rings.